The zero-order valence-electron chi connectivity index (χ0n) is 11.0. The fourth-order valence-corrected chi connectivity index (χ4v) is 1.39. The molecule has 106 valence electrons. The van der Waals surface area contributed by atoms with Gasteiger partial charge in [-0.25, -0.2) is 13.2 Å². The van der Waals surface area contributed by atoms with Gasteiger partial charge in [-0.1, -0.05) is 0 Å². The normalized spacial score (nSPS) is 11.3. The number of carbonyl (C=O) groups excluding carboxylic acids is 1. The van der Waals surface area contributed by atoms with E-state index in [2.05, 4.69) is 5.32 Å². The molecule has 0 fully saturated rings. The summed E-state index contributed by atoms with van der Waals surface area (Å²) in [6.45, 7) is 5.15. The van der Waals surface area contributed by atoms with Gasteiger partial charge in [-0.05, 0) is 20.8 Å². The Morgan fingerprint density at radius 3 is 2.21 bits per heavy atom. The Morgan fingerprint density at radius 2 is 1.74 bits per heavy atom. The molecule has 0 unspecified atom stereocenters. The van der Waals surface area contributed by atoms with E-state index in [1.54, 1.807) is 20.8 Å². The Morgan fingerprint density at radius 1 is 1.21 bits per heavy atom. The van der Waals surface area contributed by atoms with Crippen LogP contribution in [0.3, 0.4) is 0 Å². The van der Waals surface area contributed by atoms with Crippen LogP contribution >= 0.6 is 0 Å². The number of benzene rings is 1. The molecular formula is C13H16F3NO2. The Balaban J connectivity index is 2.52. The highest BCUT2D eigenvalue weighted by Gasteiger charge is 2.16. The summed E-state index contributed by atoms with van der Waals surface area (Å²) in [5.74, 6) is -3.56. The maximum Gasteiger partial charge on any atom is 0.308 e. The van der Waals surface area contributed by atoms with Gasteiger partial charge in [0.15, 0.2) is 11.6 Å². The number of carbonyl (C=O) groups is 1. The second-order valence-corrected chi connectivity index (χ2v) is 5.01. The molecule has 1 N–H and O–H groups in total. The Hall–Kier alpha value is -1.72. The van der Waals surface area contributed by atoms with Crippen LogP contribution in [-0.2, 0) is 9.53 Å². The van der Waals surface area contributed by atoms with Crippen LogP contribution in [-0.4, -0.2) is 18.1 Å². The molecule has 0 atom stereocenters. The lowest BCUT2D eigenvalue weighted by Crippen LogP contribution is -2.25. The first-order chi connectivity index (χ1) is 8.69. The van der Waals surface area contributed by atoms with E-state index in [0.29, 0.717) is 12.1 Å². The minimum absolute atomic E-state index is 0.00557. The standard InChI is InChI=1S/C13H16F3NO2/c1-13(2,3)19-11(18)4-5-17-12-9(15)6-8(14)7-10(12)16/h6-7,17H,4-5H2,1-3H3. The highest BCUT2D eigenvalue weighted by molar-refractivity contribution is 5.70. The SMILES string of the molecule is CC(C)(C)OC(=O)CCNc1c(F)cc(F)cc1F. The fraction of sp³-hybridized carbons (Fsp3) is 0.462. The molecule has 0 saturated heterocycles. The van der Waals surface area contributed by atoms with Gasteiger partial charge in [0.05, 0.1) is 6.42 Å². The summed E-state index contributed by atoms with van der Waals surface area (Å²) in [7, 11) is 0. The van der Waals surface area contributed by atoms with Gasteiger partial charge in [0.1, 0.15) is 17.1 Å². The molecule has 0 aliphatic rings. The van der Waals surface area contributed by atoms with Crippen molar-refractivity contribution >= 4 is 11.7 Å². The predicted molar refractivity (Wildman–Crippen MR) is 65.3 cm³/mol. The Bertz CT molecular complexity index is 446. The lowest BCUT2D eigenvalue weighted by Gasteiger charge is -2.19. The van der Waals surface area contributed by atoms with Crippen molar-refractivity contribution in [1.82, 2.24) is 0 Å². The van der Waals surface area contributed by atoms with E-state index in [0.717, 1.165) is 0 Å². The molecule has 3 nitrogen and oxygen atoms in total. The van der Waals surface area contributed by atoms with Crippen molar-refractivity contribution in [3.8, 4) is 0 Å². The van der Waals surface area contributed by atoms with Crippen LogP contribution in [0.25, 0.3) is 0 Å². The number of nitrogens with one attached hydrogen (secondary N) is 1. The molecule has 0 spiro atoms. The van der Waals surface area contributed by atoms with Gasteiger partial charge in [0, 0.05) is 18.7 Å². The molecule has 0 bridgehead atoms. The summed E-state index contributed by atoms with van der Waals surface area (Å²) < 4.78 is 44.2. The molecule has 19 heavy (non-hydrogen) atoms. The molecule has 0 aliphatic heterocycles. The van der Waals surface area contributed by atoms with Crippen LogP contribution in [0.4, 0.5) is 18.9 Å². The summed E-state index contributed by atoms with van der Waals surface area (Å²) in [6.07, 6.45) is -0.0481. The molecule has 0 amide bonds. The third kappa shape index (κ3) is 5.19. The molecule has 6 heteroatoms. The number of ether oxygens (including phenoxy) is 1. The van der Waals surface area contributed by atoms with Crippen LogP contribution in [0.15, 0.2) is 12.1 Å². The van der Waals surface area contributed by atoms with Gasteiger partial charge in [-0.15, -0.1) is 0 Å². The minimum atomic E-state index is -1.04. The van der Waals surface area contributed by atoms with Crippen molar-refractivity contribution < 1.29 is 22.7 Å². The molecule has 0 aromatic heterocycles. The minimum Gasteiger partial charge on any atom is -0.460 e. The number of rotatable bonds is 4. The summed E-state index contributed by atoms with van der Waals surface area (Å²) in [6, 6.07) is 1.14. The van der Waals surface area contributed by atoms with Crippen LogP contribution in [0, 0.1) is 17.5 Å². The van der Waals surface area contributed by atoms with Gasteiger partial charge in [0.25, 0.3) is 0 Å². The summed E-state index contributed by atoms with van der Waals surface area (Å²) in [5, 5.41) is 2.41. The topological polar surface area (TPSA) is 38.3 Å². The first-order valence-corrected chi connectivity index (χ1v) is 5.79. The van der Waals surface area contributed by atoms with Crippen LogP contribution in [0.2, 0.25) is 0 Å². The molecule has 1 aromatic rings. The zero-order valence-corrected chi connectivity index (χ0v) is 11.0. The van der Waals surface area contributed by atoms with E-state index >= 15 is 0 Å². The van der Waals surface area contributed by atoms with Crippen LogP contribution in [0.1, 0.15) is 27.2 Å². The van der Waals surface area contributed by atoms with Crippen molar-refractivity contribution in [3.05, 3.63) is 29.6 Å². The quantitative estimate of drug-likeness (QED) is 0.857. The maximum atomic E-state index is 13.2. The van der Waals surface area contributed by atoms with Gasteiger partial charge >= 0.3 is 5.97 Å². The van der Waals surface area contributed by atoms with Crippen molar-refractivity contribution in [1.29, 1.82) is 0 Å². The summed E-state index contributed by atoms with van der Waals surface area (Å²) in [5.41, 5.74) is -1.06. The van der Waals surface area contributed by atoms with Crippen molar-refractivity contribution in [2.24, 2.45) is 0 Å². The average Bonchev–Trinajstić information content (AvgIpc) is 2.19. The lowest BCUT2D eigenvalue weighted by atomic mass is 10.2. The smallest absolute Gasteiger partial charge is 0.308 e. The number of esters is 1. The van der Waals surface area contributed by atoms with E-state index in [1.165, 1.54) is 0 Å². The Labute approximate surface area is 109 Å². The highest BCUT2D eigenvalue weighted by Crippen LogP contribution is 2.20. The number of anilines is 1. The maximum absolute atomic E-state index is 13.2. The number of hydrogen-bond acceptors (Lipinski definition) is 3. The van der Waals surface area contributed by atoms with Gasteiger partial charge in [0.2, 0.25) is 0 Å². The molecule has 1 rings (SSSR count). The van der Waals surface area contributed by atoms with Gasteiger partial charge in [-0.3, -0.25) is 4.79 Å². The lowest BCUT2D eigenvalue weighted by molar-refractivity contribution is -0.154. The molecule has 0 heterocycles. The average molecular weight is 275 g/mol. The van der Waals surface area contributed by atoms with Crippen molar-refractivity contribution in [3.63, 3.8) is 0 Å². The third-order valence-electron chi connectivity index (χ3n) is 2.06. The van der Waals surface area contributed by atoms with E-state index < -0.39 is 34.7 Å². The van der Waals surface area contributed by atoms with Crippen molar-refractivity contribution in [2.75, 3.05) is 11.9 Å². The van der Waals surface area contributed by atoms with E-state index in [1.807, 2.05) is 0 Å². The third-order valence-corrected chi connectivity index (χ3v) is 2.06. The summed E-state index contributed by atoms with van der Waals surface area (Å²) >= 11 is 0. The largest absolute Gasteiger partial charge is 0.460 e. The predicted octanol–water partition coefficient (Wildman–Crippen LogP) is 3.25. The monoisotopic (exact) mass is 275 g/mol. The van der Waals surface area contributed by atoms with E-state index in [4.69, 9.17) is 4.74 Å². The zero-order chi connectivity index (χ0) is 14.6. The van der Waals surface area contributed by atoms with Crippen molar-refractivity contribution in [2.45, 2.75) is 32.8 Å². The Kier molecular flexibility index (Phi) is 4.80. The second-order valence-electron chi connectivity index (χ2n) is 5.01. The highest BCUT2D eigenvalue weighted by atomic mass is 19.1. The first kappa shape index (κ1) is 15.3. The van der Waals surface area contributed by atoms with E-state index in [9.17, 15) is 18.0 Å². The molecule has 0 radical (unpaired) electrons. The van der Waals surface area contributed by atoms with E-state index in [-0.39, 0.29) is 13.0 Å². The molecule has 1 aromatic carbocycles. The van der Waals surface area contributed by atoms with Crippen LogP contribution in [0.5, 0.6) is 0 Å². The first-order valence-electron chi connectivity index (χ1n) is 5.79. The molecule has 0 aliphatic carbocycles. The molecule has 0 saturated carbocycles. The summed E-state index contributed by atoms with van der Waals surface area (Å²) in [4.78, 5) is 11.4. The van der Waals surface area contributed by atoms with Gasteiger partial charge in [-0.2, -0.15) is 0 Å². The van der Waals surface area contributed by atoms with Crippen LogP contribution < -0.4 is 5.32 Å². The second kappa shape index (κ2) is 5.95. The molecular weight excluding hydrogens is 259 g/mol. The van der Waals surface area contributed by atoms with Gasteiger partial charge < -0.3 is 10.1 Å². The fourth-order valence-electron chi connectivity index (χ4n) is 1.39. The number of halogens is 3. The number of hydrogen-bond donors (Lipinski definition) is 1.